The average molecular weight is 277 g/mol. The van der Waals surface area contributed by atoms with E-state index in [0.717, 1.165) is 31.7 Å². The molecule has 1 saturated heterocycles. The van der Waals surface area contributed by atoms with Crippen LogP contribution in [-0.4, -0.2) is 32.4 Å². The Morgan fingerprint density at radius 1 is 1.35 bits per heavy atom. The fourth-order valence-corrected chi connectivity index (χ4v) is 2.80. The number of ether oxygens (including phenoxy) is 2. The van der Waals surface area contributed by atoms with Crippen molar-refractivity contribution in [2.45, 2.75) is 51.2 Å². The summed E-state index contributed by atoms with van der Waals surface area (Å²) in [5, 5.41) is 3.59. The van der Waals surface area contributed by atoms with Crippen LogP contribution in [0.3, 0.4) is 0 Å². The van der Waals surface area contributed by atoms with E-state index in [1.165, 1.54) is 24.8 Å². The Morgan fingerprint density at radius 3 is 2.95 bits per heavy atom. The van der Waals surface area contributed by atoms with E-state index in [1.54, 1.807) is 7.11 Å². The van der Waals surface area contributed by atoms with Crippen molar-refractivity contribution in [2.75, 3.05) is 20.3 Å². The van der Waals surface area contributed by atoms with Gasteiger partial charge in [0, 0.05) is 12.6 Å². The molecule has 1 aliphatic rings. The molecule has 112 valence electrons. The topological polar surface area (TPSA) is 30.5 Å². The van der Waals surface area contributed by atoms with E-state index in [2.05, 4.69) is 24.4 Å². The van der Waals surface area contributed by atoms with Crippen LogP contribution in [0.1, 0.15) is 38.2 Å². The van der Waals surface area contributed by atoms with Gasteiger partial charge < -0.3 is 14.8 Å². The van der Waals surface area contributed by atoms with Gasteiger partial charge in [-0.3, -0.25) is 0 Å². The summed E-state index contributed by atoms with van der Waals surface area (Å²) >= 11 is 0. The van der Waals surface area contributed by atoms with Crippen molar-refractivity contribution in [3.8, 4) is 5.75 Å². The molecule has 0 amide bonds. The highest BCUT2D eigenvalue weighted by Gasteiger charge is 2.14. The van der Waals surface area contributed by atoms with Crippen LogP contribution in [0.4, 0.5) is 0 Å². The average Bonchev–Trinajstić information content (AvgIpc) is 2.49. The number of methoxy groups -OCH3 is 1. The van der Waals surface area contributed by atoms with Gasteiger partial charge in [0.05, 0.1) is 13.2 Å². The molecule has 1 N–H and O–H groups in total. The summed E-state index contributed by atoms with van der Waals surface area (Å²) in [4.78, 5) is 0. The van der Waals surface area contributed by atoms with Gasteiger partial charge in [-0.25, -0.2) is 0 Å². The fraction of sp³-hybridized carbons (Fsp3) is 0.647. The van der Waals surface area contributed by atoms with E-state index in [1.807, 2.05) is 12.1 Å². The predicted octanol–water partition coefficient (Wildman–Crippen LogP) is 3.18. The quantitative estimate of drug-likeness (QED) is 0.830. The summed E-state index contributed by atoms with van der Waals surface area (Å²) in [7, 11) is 1.73. The van der Waals surface area contributed by atoms with E-state index >= 15 is 0 Å². The number of rotatable bonds is 7. The van der Waals surface area contributed by atoms with Crippen LogP contribution in [0.5, 0.6) is 5.75 Å². The maximum Gasteiger partial charge on any atom is 0.122 e. The molecule has 3 nitrogen and oxygen atoms in total. The van der Waals surface area contributed by atoms with Crippen molar-refractivity contribution < 1.29 is 9.47 Å². The summed E-state index contributed by atoms with van der Waals surface area (Å²) in [6.45, 7) is 4.20. The second-order valence-electron chi connectivity index (χ2n) is 5.65. The predicted molar refractivity (Wildman–Crippen MR) is 82.4 cm³/mol. The lowest BCUT2D eigenvalue weighted by Crippen LogP contribution is -2.32. The highest BCUT2D eigenvalue weighted by atomic mass is 16.5. The highest BCUT2D eigenvalue weighted by molar-refractivity contribution is 5.33. The molecule has 1 aromatic rings. The zero-order valence-electron chi connectivity index (χ0n) is 12.7. The van der Waals surface area contributed by atoms with Gasteiger partial charge in [-0.15, -0.1) is 0 Å². The molecular weight excluding hydrogens is 250 g/mol. The number of benzene rings is 1. The first-order valence-corrected chi connectivity index (χ1v) is 7.76. The number of nitrogens with one attached hydrogen (secondary N) is 1. The van der Waals surface area contributed by atoms with Crippen molar-refractivity contribution in [3.05, 3.63) is 29.8 Å². The Balaban J connectivity index is 1.70. The Kier molecular flexibility index (Phi) is 6.34. The van der Waals surface area contributed by atoms with Crippen LogP contribution in [0.2, 0.25) is 0 Å². The van der Waals surface area contributed by atoms with E-state index < -0.39 is 0 Å². The van der Waals surface area contributed by atoms with Crippen LogP contribution in [0, 0.1) is 0 Å². The van der Waals surface area contributed by atoms with E-state index in [-0.39, 0.29) is 0 Å². The largest absolute Gasteiger partial charge is 0.496 e. The van der Waals surface area contributed by atoms with Gasteiger partial charge in [0.1, 0.15) is 5.75 Å². The number of para-hydroxylation sites is 1. The molecule has 0 radical (unpaired) electrons. The molecule has 2 rings (SSSR count). The van der Waals surface area contributed by atoms with E-state index in [4.69, 9.17) is 9.47 Å². The third-order valence-electron chi connectivity index (χ3n) is 3.95. The van der Waals surface area contributed by atoms with Gasteiger partial charge in [-0.2, -0.15) is 0 Å². The van der Waals surface area contributed by atoms with Crippen molar-refractivity contribution in [3.63, 3.8) is 0 Å². The Bertz CT molecular complexity index is 388. The van der Waals surface area contributed by atoms with Crippen LogP contribution in [0.15, 0.2) is 24.3 Å². The lowest BCUT2D eigenvalue weighted by atomic mass is 10.0. The molecule has 3 heteroatoms. The zero-order chi connectivity index (χ0) is 14.2. The molecule has 2 unspecified atom stereocenters. The minimum absolute atomic E-state index is 0.454. The second-order valence-corrected chi connectivity index (χ2v) is 5.65. The molecule has 1 aromatic carbocycles. The van der Waals surface area contributed by atoms with Crippen molar-refractivity contribution in [1.29, 1.82) is 0 Å². The molecule has 0 saturated carbocycles. The van der Waals surface area contributed by atoms with Gasteiger partial charge in [0.15, 0.2) is 0 Å². The maximum absolute atomic E-state index is 5.75. The Hall–Kier alpha value is -1.06. The van der Waals surface area contributed by atoms with Gasteiger partial charge in [0.2, 0.25) is 0 Å². The minimum atomic E-state index is 0.454. The number of hydrogen-bond acceptors (Lipinski definition) is 3. The molecular formula is C17H27NO2. The smallest absolute Gasteiger partial charge is 0.122 e. The molecule has 2 atom stereocenters. The van der Waals surface area contributed by atoms with Crippen molar-refractivity contribution >= 4 is 0 Å². The Morgan fingerprint density at radius 2 is 2.20 bits per heavy atom. The summed E-state index contributed by atoms with van der Waals surface area (Å²) in [5.74, 6) is 0.983. The molecule has 1 aliphatic heterocycles. The van der Waals surface area contributed by atoms with Crippen molar-refractivity contribution in [1.82, 2.24) is 5.32 Å². The zero-order valence-corrected chi connectivity index (χ0v) is 12.7. The second kappa shape index (κ2) is 8.28. The molecule has 1 fully saturated rings. The van der Waals surface area contributed by atoms with E-state index in [0.29, 0.717) is 12.1 Å². The number of hydrogen-bond donors (Lipinski definition) is 1. The first kappa shape index (κ1) is 15.3. The van der Waals surface area contributed by atoms with Gasteiger partial charge in [-0.1, -0.05) is 18.2 Å². The molecule has 0 aromatic heterocycles. The van der Waals surface area contributed by atoms with Crippen LogP contribution in [0.25, 0.3) is 0 Å². The standard InChI is InChI=1S/C17H27NO2/c1-14(13-15-7-3-4-9-17(15)19-2)18-11-10-16-8-5-6-12-20-16/h3-4,7,9,14,16,18H,5-6,8,10-13H2,1-2H3. The normalized spacial score (nSPS) is 20.6. The minimum Gasteiger partial charge on any atom is -0.496 e. The van der Waals surface area contributed by atoms with Crippen LogP contribution < -0.4 is 10.1 Å². The molecule has 1 heterocycles. The van der Waals surface area contributed by atoms with Gasteiger partial charge in [-0.05, 0) is 57.2 Å². The molecule has 0 bridgehead atoms. The lowest BCUT2D eigenvalue weighted by molar-refractivity contribution is 0.0113. The monoisotopic (exact) mass is 277 g/mol. The van der Waals surface area contributed by atoms with E-state index in [9.17, 15) is 0 Å². The third-order valence-corrected chi connectivity index (χ3v) is 3.95. The summed E-state index contributed by atoms with van der Waals surface area (Å²) in [6, 6.07) is 8.70. The SMILES string of the molecule is COc1ccccc1CC(C)NCCC1CCCCO1. The van der Waals surface area contributed by atoms with Crippen LogP contribution >= 0.6 is 0 Å². The first-order chi connectivity index (χ1) is 9.79. The maximum atomic E-state index is 5.75. The van der Waals surface area contributed by atoms with Gasteiger partial charge >= 0.3 is 0 Å². The molecule has 0 aliphatic carbocycles. The molecule has 0 spiro atoms. The molecule has 20 heavy (non-hydrogen) atoms. The lowest BCUT2D eigenvalue weighted by Gasteiger charge is -2.23. The summed E-state index contributed by atoms with van der Waals surface area (Å²) < 4.78 is 11.2. The van der Waals surface area contributed by atoms with Gasteiger partial charge in [0.25, 0.3) is 0 Å². The fourth-order valence-electron chi connectivity index (χ4n) is 2.80. The van der Waals surface area contributed by atoms with Crippen LogP contribution in [-0.2, 0) is 11.2 Å². The first-order valence-electron chi connectivity index (χ1n) is 7.76. The third kappa shape index (κ3) is 4.80. The summed E-state index contributed by atoms with van der Waals surface area (Å²) in [6.07, 6.45) is 6.36. The summed E-state index contributed by atoms with van der Waals surface area (Å²) in [5.41, 5.74) is 1.27. The highest BCUT2D eigenvalue weighted by Crippen LogP contribution is 2.19. The van der Waals surface area contributed by atoms with Crippen molar-refractivity contribution in [2.24, 2.45) is 0 Å². The Labute approximate surface area is 122 Å².